The summed E-state index contributed by atoms with van der Waals surface area (Å²) in [4.78, 5) is 117. The molecule has 0 radical (unpaired) electrons. The maximum absolute atomic E-state index is 14.2. The summed E-state index contributed by atoms with van der Waals surface area (Å²) < 4.78 is 35.0. The Morgan fingerprint density at radius 1 is 0.733 bits per heavy atom. The maximum Gasteiger partial charge on any atom is 0.416 e. The second kappa shape index (κ2) is 28.9. The van der Waals surface area contributed by atoms with Gasteiger partial charge in [0.05, 0.1) is 79.7 Å². The van der Waals surface area contributed by atoms with Crippen LogP contribution in [0.4, 0.5) is 21.9 Å². The lowest BCUT2D eigenvalue weighted by molar-refractivity contribution is -0.138. The summed E-state index contributed by atoms with van der Waals surface area (Å²) in [5.41, 5.74) is 4.31. The van der Waals surface area contributed by atoms with Crippen molar-refractivity contribution in [3.63, 3.8) is 0 Å². The fourth-order valence-electron chi connectivity index (χ4n) is 10.9. The average molecular weight is 1230 g/mol. The van der Waals surface area contributed by atoms with Crippen LogP contribution in [0.15, 0.2) is 113 Å². The van der Waals surface area contributed by atoms with Gasteiger partial charge < -0.3 is 59.3 Å². The van der Waals surface area contributed by atoms with Crippen LogP contribution in [0.2, 0.25) is 0 Å². The van der Waals surface area contributed by atoms with E-state index in [-0.39, 0.29) is 78.5 Å². The molecule has 0 fully saturated rings. The van der Waals surface area contributed by atoms with Crippen LogP contribution in [-0.2, 0) is 35.3 Å². The molecule has 8 amide bonds. The average Bonchev–Trinajstić information content (AvgIpc) is 1.59. The van der Waals surface area contributed by atoms with Gasteiger partial charge in [-0.1, -0.05) is 43.5 Å². The summed E-state index contributed by atoms with van der Waals surface area (Å²) in [6.07, 6.45) is 8.30. The third-order valence-electron chi connectivity index (χ3n) is 15.8. The molecule has 4 aromatic rings. The number of carbonyl (C=O) groups is 8. The van der Waals surface area contributed by atoms with Gasteiger partial charge in [0.15, 0.2) is 35.0 Å². The number of ether oxygens (including phenoxy) is 6. The summed E-state index contributed by atoms with van der Waals surface area (Å²) >= 11 is 0. The molecule has 5 atom stereocenters. The van der Waals surface area contributed by atoms with Crippen LogP contribution in [-0.4, -0.2) is 138 Å². The third kappa shape index (κ3) is 14.9. The number of imide groups is 1. The van der Waals surface area contributed by atoms with Gasteiger partial charge in [-0.05, 0) is 126 Å². The highest BCUT2D eigenvalue weighted by Crippen LogP contribution is 2.43. The topological polar surface area (TPSA) is 297 Å². The van der Waals surface area contributed by atoms with Crippen LogP contribution >= 0.6 is 0 Å². The zero-order chi connectivity index (χ0) is 64.3. The van der Waals surface area contributed by atoms with E-state index in [4.69, 9.17) is 33.7 Å². The number of fused-ring (bicyclic) bond motifs is 4. The van der Waals surface area contributed by atoms with E-state index in [1.54, 1.807) is 67.6 Å². The summed E-state index contributed by atoms with van der Waals surface area (Å²) in [7, 11) is 2.96. The summed E-state index contributed by atoms with van der Waals surface area (Å²) in [5, 5.41) is 29.1. The number of rotatable bonds is 26. The van der Waals surface area contributed by atoms with E-state index in [1.165, 1.54) is 62.4 Å². The monoisotopic (exact) mass is 1230 g/mol. The van der Waals surface area contributed by atoms with Gasteiger partial charge in [0.25, 0.3) is 23.6 Å². The predicted molar refractivity (Wildman–Crippen MR) is 329 cm³/mol. The van der Waals surface area contributed by atoms with Crippen molar-refractivity contribution in [3.8, 4) is 34.8 Å². The number of anilines is 2. The molecule has 0 spiro atoms. The molecular weight excluding hydrogens is 1160 g/mol. The fraction of sp³-hybridized carbons (Fsp3) is 0.394. The molecule has 9 rings (SSSR count). The Morgan fingerprint density at radius 2 is 1.38 bits per heavy atom. The molecular formula is C66H73N9O15. The Labute approximate surface area is 521 Å². The number of hydrogen-bond acceptors (Lipinski definition) is 17. The fourth-order valence-corrected chi connectivity index (χ4v) is 10.9. The van der Waals surface area contributed by atoms with Gasteiger partial charge in [-0.2, -0.15) is 5.26 Å². The van der Waals surface area contributed by atoms with E-state index in [2.05, 4.69) is 20.9 Å². The molecule has 4 N–H and O–H groups in total. The van der Waals surface area contributed by atoms with E-state index >= 15 is 0 Å². The lowest BCUT2D eigenvalue weighted by Crippen LogP contribution is -2.53. The Balaban J connectivity index is 0.732. The van der Waals surface area contributed by atoms with Gasteiger partial charge in [-0.25, -0.2) is 9.69 Å². The molecule has 0 saturated heterocycles. The number of aliphatic hydroxyl groups excluding tert-OH is 1. The summed E-state index contributed by atoms with van der Waals surface area (Å²) in [5.74, 6) is -2.01. The van der Waals surface area contributed by atoms with Crippen molar-refractivity contribution in [2.24, 2.45) is 10.9 Å². The van der Waals surface area contributed by atoms with Crippen molar-refractivity contribution in [2.75, 3.05) is 44.2 Å². The molecule has 5 aliphatic rings. The molecule has 0 bridgehead atoms. The molecule has 0 saturated carbocycles. The minimum Gasteiger partial charge on any atom is -0.493 e. The van der Waals surface area contributed by atoms with E-state index in [0.717, 1.165) is 33.4 Å². The molecule has 0 unspecified atom stereocenters. The Bertz CT molecular complexity index is 3610. The van der Waals surface area contributed by atoms with Crippen LogP contribution in [0.1, 0.15) is 124 Å². The highest BCUT2D eigenvalue weighted by atomic mass is 16.6. The quantitative estimate of drug-likeness (QED) is 0.0341. The highest BCUT2D eigenvalue weighted by molar-refractivity contribution is 6.15. The Hall–Kier alpha value is -10.0. The van der Waals surface area contributed by atoms with E-state index in [0.29, 0.717) is 96.9 Å². The zero-order valence-corrected chi connectivity index (χ0v) is 51.2. The van der Waals surface area contributed by atoms with E-state index < -0.39 is 60.0 Å². The van der Waals surface area contributed by atoms with Crippen LogP contribution < -0.4 is 44.5 Å². The van der Waals surface area contributed by atoms with Crippen molar-refractivity contribution in [3.05, 3.63) is 130 Å². The normalized spacial score (nSPS) is 18.0. The van der Waals surface area contributed by atoms with Crippen LogP contribution in [0.25, 0.3) is 0 Å². The Morgan fingerprint density at radius 3 is 2.06 bits per heavy atom. The largest absolute Gasteiger partial charge is 0.493 e. The van der Waals surface area contributed by atoms with Gasteiger partial charge in [-0.3, -0.25) is 43.5 Å². The van der Waals surface area contributed by atoms with Gasteiger partial charge in [0.2, 0.25) is 17.7 Å². The number of nitrogens with zero attached hydrogens (tertiary/aromatic N) is 6. The van der Waals surface area contributed by atoms with Crippen molar-refractivity contribution >= 4 is 70.7 Å². The van der Waals surface area contributed by atoms with Gasteiger partial charge in [0.1, 0.15) is 24.4 Å². The standard InChI is InChI=1S/C66H73N9O15/c1-38(2)59(71-57(76)14-10-8-11-23-72-58(77)32-56(65(72)83)90-46-21-17-42(33-67)18-22-46)61(79)69-41(5)60(78)70-44-19-15-43(16-20-44)37-89-66(84)75-50-31-55(53(86-7)29-48(50)63(81)74-36-40(4)27-51(74)64(75)82)88-25-13-9-12-24-87-54-30-49-47(28-52(54)85-6)62(80)73-35-39(3)26-45(73)34-68-49/h15-22,28-32,34-36,38,41,45,51,59,64,82H,8-14,23-27,37H2,1-7H3,(H,69,79)(H,70,78)(H,71,76)/t41-,45-,51-,59-,64-/m1/s1. The predicted octanol–water partition coefficient (Wildman–Crippen LogP) is 8.11. The van der Waals surface area contributed by atoms with Crippen LogP contribution in [0.5, 0.6) is 28.7 Å². The van der Waals surface area contributed by atoms with Crippen molar-refractivity contribution in [1.29, 1.82) is 5.26 Å². The molecule has 24 heteroatoms. The summed E-state index contributed by atoms with van der Waals surface area (Å²) in [6, 6.07) is 18.0. The third-order valence-corrected chi connectivity index (χ3v) is 15.8. The van der Waals surface area contributed by atoms with E-state index in [9.17, 15) is 43.5 Å². The van der Waals surface area contributed by atoms with Crippen LogP contribution in [0, 0.1) is 17.2 Å². The van der Waals surface area contributed by atoms with Gasteiger partial charge in [0, 0.05) is 49.4 Å². The summed E-state index contributed by atoms with van der Waals surface area (Å²) in [6.45, 7) is 9.26. The number of aliphatic imine (C=N–C) groups is 1. The van der Waals surface area contributed by atoms with Gasteiger partial charge >= 0.3 is 6.09 Å². The number of hydrogen-bond donors (Lipinski definition) is 4. The molecule has 4 aromatic carbocycles. The first-order valence-electron chi connectivity index (χ1n) is 29.9. The minimum absolute atomic E-state index is 0.0550. The molecule has 0 aliphatic carbocycles. The number of nitrogens with one attached hydrogen (secondary N) is 3. The molecule has 472 valence electrons. The molecule has 5 aliphatic heterocycles. The van der Waals surface area contributed by atoms with Crippen LogP contribution in [0.3, 0.4) is 0 Å². The first-order valence-corrected chi connectivity index (χ1v) is 29.9. The van der Waals surface area contributed by atoms with E-state index in [1.807, 2.05) is 26.1 Å². The Kier molecular flexibility index (Phi) is 20.7. The number of methoxy groups -OCH3 is 2. The number of aliphatic hydroxyl groups is 1. The molecule has 5 heterocycles. The second-order valence-electron chi connectivity index (χ2n) is 22.9. The first kappa shape index (κ1) is 64.5. The number of amides is 8. The molecule has 90 heavy (non-hydrogen) atoms. The smallest absolute Gasteiger partial charge is 0.416 e. The molecule has 0 aromatic heterocycles. The second-order valence-corrected chi connectivity index (χ2v) is 22.9. The lowest BCUT2D eigenvalue weighted by Gasteiger charge is -2.31. The number of unbranched alkanes of at least 4 members (excludes halogenated alkanes) is 4. The van der Waals surface area contributed by atoms with Crippen molar-refractivity contribution < 1.29 is 71.9 Å². The number of nitriles is 1. The first-order chi connectivity index (χ1) is 43.2. The number of benzene rings is 4. The molecule has 24 nitrogen and oxygen atoms in total. The lowest BCUT2D eigenvalue weighted by atomic mass is 10.0. The zero-order valence-electron chi connectivity index (χ0n) is 51.2. The maximum atomic E-state index is 14.2. The van der Waals surface area contributed by atoms with Crippen molar-refractivity contribution in [2.45, 2.75) is 129 Å². The minimum atomic E-state index is -1.53. The van der Waals surface area contributed by atoms with Crippen molar-refractivity contribution in [1.82, 2.24) is 25.3 Å². The van der Waals surface area contributed by atoms with Gasteiger partial charge in [-0.15, -0.1) is 0 Å². The highest BCUT2D eigenvalue weighted by Gasteiger charge is 2.45. The number of carbonyl (C=O) groups excluding carboxylic acids is 8. The SMILES string of the molecule is COc1cc2c(cc1OCCCCCOc1cc3c(cc1OC)C(=O)N1C=C(C)C[C@@H]1[C@@H](O)N3C(=O)OCc1ccc(NC(=O)[C@@H](C)NC(=O)[C@H](NC(=O)CCCCCN3C(=O)C=C(Oc4ccc(C#N)cc4)C3=O)C(C)C)cc1)N=C[C@H]1CC(C)=CN1C2=O.